The highest BCUT2D eigenvalue weighted by Crippen LogP contribution is 2.36. The number of piperidine rings is 1. The van der Waals surface area contributed by atoms with Crippen LogP contribution >= 0.6 is 0 Å². The number of pyridine rings is 1. The number of hydrogen-bond acceptors (Lipinski definition) is 4. The van der Waals surface area contributed by atoms with Crippen LogP contribution in [0.5, 0.6) is 0 Å². The minimum atomic E-state index is -4.95. The standard InChI is InChI=1S/C34H30F3N5O3/c35-34(36,37)31-27(33(44)45)19-38-42(31)29-6-2-5-28(39-29)26-4-1-3-24-15-18-41(30(24)26)20-21-7-9-22(10-8-21)23-13-16-40(17-14-23)32(43)25-11-12-25/h1-10,15,18-19,23,25H,11-14,16-17,20H2,(H,44,45). The number of carboxylic acids is 1. The van der Waals surface area contributed by atoms with Gasteiger partial charge in [-0.3, -0.25) is 4.79 Å². The summed E-state index contributed by atoms with van der Waals surface area (Å²) >= 11 is 0. The predicted octanol–water partition coefficient (Wildman–Crippen LogP) is 6.77. The summed E-state index contributed by atoms with van der Waals surface area (Å²) in [6.45, 7) is 2.20. The molecule has 230 valence electrons. The fraction of sp³-hybridized carbons (Fsp3) is 0.294. The molecule has 2 aromatic carbocycles. The van der Waals surface area contributed by atoms with Crippen LogP contribution in [0.15, 0.2) is 79.1 Å². The van der Waals surface area contributed by atoms with Gasteiger partial charge in [-0.2, -0.15) is 18.3 Å². The normalized spacial score (nSPS) is 15.9. The number of carboxylic acid groups (broad SMARTS) is 1. The van der Waals surface area contributed by atoms with Gasteiger partial charge in [-0.25, -0.2) is 14.5 Å². The molecule has 1 saturated carbocycles. The largest absolute Gasteiger partial charge is 0.478 e. The van der Waals surface area contributed by atoms with E-state index in [9.17, 15) is 27.9 Å². The van der Waals surface area contributed by atoms with Gasteiger partial charge in [0.2, 0.25) is 5.91 Å². The third-order valence-corrected chi connectivity index (χ3v) is 8.82. The number of halogens is 3. The summed E-state index contributed by atoms with van der Waals surface area (Å²) < 4.78 is 44.2. The van der Waals surface area contributed by atoms with Gasteiger partial charge >= 0.3 is 12.1 Å². The van der Waals surface area contributed by atoms with Gasteiger partial charge in [-0.1, -0.05) is 48.5 Å². The summed E-state index contributed by atoms with van der Waals surface area (Å²) in [5, 5.41) is 14.0. The van der Waals surface area contributed by atoms with Gasteiger partial charge in [0.15, 0.2) is 11.5 Å². The van der Waals surface area contributed by atoms with Crippen molar-refractivity contribution in [1.82, 2.24) is 24.2 Å². The number of carbonyl (C=O) groups excluding carboxylic acids is 1. The van der Waals surface area contributed by atoms with Crippen LogP contribution in [0.1, 0.15) is 58.8 Å². The summed E-state index contributed by atoms with van der Waals surface area (Å²) in [4.78, 5) is 30.4. The Bertz CT molecular complexity index is 1900. The first-order valence-corrected chi connectivity index (χ1v) is 15.0. The topological polar surface area (TPSA) is 93.2 Å². The number of likely N-dealkylation sites (tertiary alicyclic amines) is 1. The Morgan fingerprint density at radius 1 is 0.911 bits per heavy atom. The molecular formula is C34H30F3N5O3. The monoisotopic (exact) mass is 613 g/mol. The Hall–Kier alpha value is -4.93. The summed E-state index contributed by atoms with van der Waals surface area (Å²) in [5.74, 6) is -0.842. The minimum Gasteiger partial charge on any atom is -0.478 e. The molecule has 2 fully saturated rings. The Balaban J connectivity index is 1.14. The molecule has 1 aliphatic heterocycles. The summed E-state index contributed by atoms with van der Waals surface area (Å²) in [7, 11) is 0. The average molecular weight is 614 g/mol. The molecule has 0 atom stereocenters. The van der Waals surface area contributed by atoms with E-state index in [1.165, 1.54) is 11.6 Å². The van der Waals surface area contributed by atoms with Crippen molar-refractivity contribution in [3.05, 3.63) is 102 Å². The van der Waals surface area contributed by atoms with Crippen LogP contribution in [0.25, 0.3) is 28.0 Å². The average Bonchev–Trinajstić information content (AvgIpc) is 3.65. The van der Waals surface area contributed by atoms with Crippen molar-refractivity contribution < 1.29 is 27.9 Å². The quantitative estimate of drug-likeness (QED) is 0.219. The molecule has 11 heteroatoms. The second kappa shape index (κ2) is 11.2. The third-order valence-electron chi connectivity index (χ3n) is 8.82. The predicted molar refractivity (Wildman–Crippen MR) is 161 cm³/mol. The van der Waals surface area contributed by atoms with E-state index in [2.05, 4.69) is 38.9 Å². The lowest BCUT2D eigenvalue weighted by Gasteiger charge is -2.32. The fourth-order valence-electron chi connectivity index (χ4n) is 6.36. The number of hydrogen-bond donors (Lipinski definition) is 1. The van der Waals surface area contributed by atoms with E-state index >= 15 is 0 Å². The van der Waals surface area contributed by atoms with Crippen LogP contribution in [0.4, 0.5) is 13.2 Å². The maximum atomic E-state index is 13.9. The molecule has 0 radical (unpaired) electrons. The zero-order chi connectivity index (χ0) is 31.3. The molecule has 45 heavy (non-hydrogen) atoms. The SMILES string of the molecule is O=C(O)c1cnn(-c2cccc(-c3cccc4ccn(Cc5ccc(C6CCN(C(=O)C7CC7)CC6)cc5)c34)n2)c1C(F)(F)F. The van der Waals surface area contributed by atoms with E-state index < -0.39 is 23.4 Å². The van der Waals surface area contributed by atoms with Crippen molar-refractivity contribution in [1.29, 1.82) is 0 Å². The molecule has 0 spiro atoms. The molecule has 1 saturated heterocycles. The first-order chi connectivity index (χ1) is 21.7. The number of alkyl halides is 3. The number of aromatic nitrogens is 4. The molecule has 5 aromatic rings. The number of carbonyl (C=O) groups is 2. The number of nitrogens with zero attached hydrogens (tertiary/aromatic N) is 5. The highest BCUT2D eigenvalue weighted by atomic mass is 19.4. The number of aromatic carboxylic acids is 1. The van der Waals surface area contributed by atoms with E-state index in [-0.39, 0.29) is 11.7 Å². The lowest BCUT2D eigenvalue weighted by molar-refractivity contribution is -0.143. The van der Waals surface area contributed by atoms with Crippen molar-refractivity contribution in [2.24, 2.45) is 5.92 Å². The number of para-hydroxylation sites is 1. The number of fused-ring (bicyclic) bond motifs is 1. The van der Waals surface area contributed by atoms with Crippen molar-refractivity contribution in [2.75, 3.05) is 13.1 Å². The Morgan fingerprint density at radius 2 is 1.64 bits per heavy atom. The maximum Gasteiger partial charge on any atom is 0.434 e. The second-order valence-corrected chi connectivity index (χ2v) is 11.8. The Kier molecular flexibility index (Phi) is 7.18. The van der Waals surface area contributed by atoms with Crippen molar-refractivity contribution in [3.63, 3.8) is 0 Å². The van der Waals surface area contributed by atoms with Crippen LogP contribution in [-0.2, 0) is 17.5 Å². The van der Waals surface area contributed by atoms with Crippen LogP contribution in [0.3, 0.4) is 0 Å². The van der Waals surface area contributed by atoms with Crippen molar-refractivity contribution in [3.8, 4) is 17.1 Å². The summed E-state index contributed by atoms with van der Waals surface area (Å²) in [6.07, 6.45) is 1.73. The van der Waals surface area contributed by atoms with Crippen LogP contribution in [0.2, 0.25) is 0 Å². The highest BCUT2D eigenvalue weighted by molar-refractivity contribution is 5.94. The van der Waals surface area contributed by atoms with Gasteiger partial charge in [0, 0.05) is 42.7 Å². The zero-order valence-electron chi connectivity index (χ0n) is 24.2. The molecule has 0 unspecified atom stereocenters. The molecule has 2 aliphatic rings. The second-order valence-electron chi connectivity index (χ2n) is 11.8. The summed E-state index contributed by atoms with van der Waals surface area (Å²) in [6, 6.07) is 20.9. The molecule has 8 nitrogen and oxygen atoms in total. The lowest BCUT2D eigenvalue weighted by atomic mass is 9.89. The van der Waals surface area contributed by atoms with E-state index in [4.69, 9.17) is 0 Å². The molecule has 7 rings (SSSR count). The van der Waals surface area contributed by atoms with E-state index in [1.807, 2.05) is 35.4 Å². The van der Waals surface area contributed by atoms with Gasteiger partial charge in [0.1, 0.15) is 5.56 Å². The molecule has 3 aromatic heterocycles. The summed E-state index contributed by atoms with van der Waals surface area (Å²) in [5.41, 5.74) is 2.08. The van der Waals surface area contributed by atoms with Gasteiger partial charge in [0.05, 0.1) is 17.4 Å². The van der Waals surface area contributed by atoms with Gasteiger partial charge in [-0.15, -0.1) is 0 Å². The minimum absolute atomic E-state index is 0.138. The maximum absolute atomic E-state index is 13.9. The Morgan fingerprint density at radius 3 is 2.33 bits per heavy atom. The number of amides is 1. The molecule has 1 N–H and O–H groups in total. The van der Waals surface area contributed by atoms with Crippen molar-refractivity contribution in [2.45, 2.75) is 44.3 Å². The number of rotatable bonds is 7. The van der Waals surface area contributed by atoms with Gasteiger partial charge in [0.25, 0.3) is 0 Å². The molecule has 1 aliphatic carbocycles. The zero-order valence-corrected chi connectivity index (χ0v) is 24.2. The Labute approximate surface area is 256 Å². The third kappa shape index (κ3) is 5.58. The van der Waals surface area contributed by atoms with Gasteiger partial charge < -0.3 is 14.6 Å². The highest BCUT2D eigenvalue weighted by Gasteiger charge is 2.41. The fourth-order valence-corrected chi connectivity index (χ4v) is 6.36. The molecular weight excluding hydrogens is 583 g/mol. The molecule has 1 amide bonds. The van der Waals surface area contributed by atoms with Crippen molar-refractivity contribution >= 4 is 22.8 Å². The lowest BCUT2D eigenvalue weighted by Crippen LogP contribution is -2.38. The van der Waals surface area contributed by atoms with Crippen LogP contribution in [-0.4, -0.2) is 54.3 Å². The molecule has 0 bridgehead atoms. The van der Waals surface area contributed by atoms with E-state index in [0.29, 0.717) is 34.9 Å². The van der Waals surface area contributed by atoms with E-state index in [1.54, 1.807) is 12.1 Å². The van der Waals surface area contributed by atoms with Crippen LogP contribution < -0.4 is 0 Å². The molecule has 4 heterocycles. The van der Waals surface area contributed by atoms with Crippen LogP contribution in [0, 0.1) is 5.92 Å². The first kappa shape index (κ1) is 28.8. The van der Waals surface area contributed by atoms with E-state index in [0.717, 1.165) is 60.8 Å². The smallest absolute Gasteiger partial charge is 0.434 e. The number of benzene rings is 2. The van der Waals surface area contributed by atoms with Gasteiger partial charge in [-0.05, 0) is 60.9 Å². The first-order valence-electron chi connectivity index (χ1n) is 15.0.